The molecular formula is C45H32N6O6. The summed E-state index contributed by atoms with van der Waals surface area (Å²) in [5.74, 6) is -10.4. The summed E-state index contributed by atoms with van der Waals surface area (Å²) in [6, 6.07) is 49.8. The summed E-state index contributed by atoms with van der Waals surface area (Å²) >= 11 is 0. The number of rotatable bonds is 8. The second-order valence-corrected chi connectivity index (χ2v) is 13.6. The molecule has 0 spiro atoms. The SMILES string of the molecule is O=C1C(C2(C3C(=O)N(c4ccccc4)N(c4ccccc4)C3=O)C(=O)N(c3ccccc3)N(c3ccccc3)C2=O)C(=O)N(c2ccccc2)N1c1ccccc1. The Kier molecular flexibility index (Phi) is 8.43. The van der Waals surface area contributed by atoms with Crippen molar-refractivity contribution >= 4 is 69.6 Å². The van der Waals surface area contributed by atoms with E-state index in [9.17, 15) is 0 Å². The Labute approximate surface area is 326 Å². The Morgan fingerprint density at radius 1 is 0.263 bits per heavy atom. The zero-order chi connectivity index (χ0) is 39.3. The molecule has 278 valence electrons. The fourth-order valence-electron chi connectivity index (χ4n) is 8.01. The Balaban J connectivity index is 1.34. The van der Waals surface area contributed by atoms with Gasteiger partial charge < -0.3 is 0 Å². The third-order valence-electron chi connectivity index (χ3n) is 10.4. The summed E-state index contributed by atoms with van der Waals surface area (Å²) in [6.45, 7) is 0. The third-order valence-corrected chi connectivity index (χ3v) is 10.4. The first-order chi connectivity index (χ1) is 27.9. The maximum atomic E-state index is 15.9. The molecule has 3 heterocycles. The van der Waals surface area contributed by atoms with Crippen LogP contribution >= 0.6 is 0 Å². The summed E-state index contributed by atoms with van der Waals surface area (Å²) in [7, 11) is 0. The standard InChI is InChI=1S/C45H32N6O6/c52-39-37(40(53)47(32-21-9-2-10-22-32)46(39)31-19-7-1-8-20-31)45(43(56)50(35-27-15-5-16-28-35)51(44(45)57)36-29-17-6-18-30-36)38-41(54)48(33-23-11-3-12-24-33)49(42(38)55)34-25-13-4-14-26-34/h1-30,37-38H. The molecule has 0 radical (unpaired) electrons. The van der Waals surface area contributed by atoms with Crippen LogP contribution in [0.5, 0.6) is 0 Å². The van der Waals surface area contributed by atoms with Gasteiger partial charge in [0.25, 0.3) is 35.4 Å². The van der Waals surface area contributed by atoms with Crippen molar-refractivity contribution in [3.05, 3.63) is 182 Å². The van der Waals surface area contributed by atoms with E-state index in [0.29, 0.717) is 0 Å². The first-order valence-electron chi connectivity index (χ1n) is 18.2. The lowest BCUT2D eigenvalue weighted by molar-refractivity contribution is -0.157. The molecule has 3 saturated heterocycles. The molecule has 6 aromatic rings. The number of hydrazine groups is 3. The highest BCUT2D eigenvalue weighted by Crippen LogP contribution is 2.55. The van der Waals surface area contributed by atoms with Gasteiger partial charge in [0.2, 0.25) is 0 Å². The van der Waals surface area contributed by atoms with Crippen LogP contribution < -0.4 is 30.1 Å². The van der Waals surface area contributed by atoms with Crippen molar-refractivity contribution in [2.24, 2.45) is 17.3 Å². The molecule has 3 aliphatic heterocycles. The summed E-state index contributed by atoms with van der Waals surface area (Å²) in [4.78, 5) is 93.5. The lowest BCUT2D eigenvalue weighted by atomic mass is 9.64. The normalized spacial score (nSPS) is 17.5. The Morgan fingerprint density at radius 2 is 0.439 bits per heavy atom. The number of anilines is 6. The summed E-state index contributed by atoms with van der Waals surface area (Å²) in [6.07, 6.45) is 0. The van der Waals surface area contributed by atoms with Crippen LogP contribution in [-0.2, 0) is 28.8 Å². The molecule has 0 aromatic heterocycles. The average molecular weight is 753 g/mol. The lowest BCUT2D eigenvalue weighted by Crippen LogP contribution is -2.57. The molecule has 12 nitrogen and oxygen atoms in total. The number of amides is 6. The molecule has 0 aliphatic carbocycles. The van der Waals surface area contributed by atoms with Crippen molar-refractivity contribution in [1.29, 1.82) is 0 Å². The van der Waals surface area contributed by atoms with Gasteiger partial charge in [0.05, 0.1) is 34.1 Å². The van der Waals surface area contributed by atoms with Crippen LogP contribution in [0.25, 0.3) is 0 Å². The quantitative estimate of drug-likeness (QED) is 0.171. The number of carbonyl (C=O) groups is 6. The van der Waals surface area contributed by atoms with Gasteiger partial charge >= 0.3 is 0 Å². The highest BCUT2D eigenvalue weighted by atomic mass is 16.2. The number of benzene rings is 6. The smallest absolute Gasteiger partial charge is 0.264 e. The molecule has 3 aliphatic rings. The van der Waals surface area contributed by atoms with Crippen LogP contribution in [0.15, 0.2) is 182 Å². The predicted octanol–water partition coefficient (Wildman–Crippen LogP) is 6.19. The highest BCUT2D eigenvalue weighted by Gasteiger charge is 2.78. The molecule has 6 amide bonds. The van der Waals surface area contributed by atoms with Crippen LogP contribution in [0.4, 0.5) is 34.1 Å². The number of para-hydroxylation sites is 6. The summed E-state index contributed by atoms with van der Waals surface area (Å²) < 4.78 is 0. The molecule has 0 N–H and O–H groups in total. The van der Waals surface area contributed by atoms with Gasteiger partial charge in [-0.3, -0.25) is 28.8 Å². The first kappa shape index (κ1) is 34.9. The topological polar surface area (TPSA) is 122 Å². The minimum Gasteiger partial charge on any atom is -0.272 e. The van der Waals surface area contributed by atoms with E-state index < -0.39 is 52.7 Å². The van der Waals surface area contributed by atoms with Gasteiger partial charge in [0.1, 0.15) is 11.8 Å². The van der Waals surface area contributed by atoms with Gasteiger partial charge in [-0.05, 0) is 72.8 Å². The number of hydrogen-bond acceptors (Lipinski definition) is 6. The number of hydrogen-bond donors (Lipinski definition) is 0. The van der Waals surface area contributed by atoms with Gasteiger partial charge in [-0.15, -0.1) is 0 Å². The average Bonchev–Trinajstić information content (AvgIpc) is 3.78. The fraction of sp³-hybridized carbons (Fsp3) is 0.0667. The second kappa shape index (κ2) is 13.8. The predicted molar refractivity (Wildman–Crippen MR) is 213 cm³/mol. The van der Waals surface area contributed by atoms with E-state index in [1.165, 1.54) is 0 Å². The highest BCUT2D eigenvalue weighted by molar-refractivity contribution is 6.39. The molecule has 0 atom stereocenters. The van der Waals surface area contributed by atoms with Crippen molar-refractivity contribution in [3.63, 3.8) is 0 Å². The molecular weight excluding hydrogens is 721 g/mol. The molecule has 12 heteroatoms. The van der Waals surface area contributed by atoms with E-state index in [0.717, 1.165) is 30.1 Å². The van der Waals surface area contributed by atoms with E-state index in [4.69, 9.17) is 0 Å². The van der Waals surface area contributed by atoms with Gasteiger partial charge in [-0.25, -0.2) is 30.1 Å². The van der Waals surface area contributed by atoms with Crippen molar-refractivity contribution < 1.29 is 28.8 Å². The van der Waals surface area contributed by atoms with E-state index in [1.54, 1.807) is 182 Å². The number of carbonyl (C=O) groups excluding carboxylic acids is 6. The van der Waals surface area contributed by atoms with Gasteiger partial charge in [0.15, 0.2) is 5.41 Å². The van der Waals surface area contributed by atoms with Gasteiger partial charge in [0, 0.05) is 0 Å². The zero-order valence-corrected chi connectivity index (χ0v) is 30.1. The van der Waals surface area contributed by atoms with Crippen LogP contribution in [0.1, 0.15) is 0 Å². The minimum absolute atomic E-state index is 0.206. The van der Waals surface area contributed by atoms with Crippen LogP contribution in [0.3, 0.4) is 0 Å². The Bertz CT molecular complexity index is 2230. The molecule has 9 rings (SSSR count). The fourth-order valence-corrected chi connectivity index (χ4v) is 8.01. The van der Waals surface area contributed by atoms with Crippen LogP contribution in [0.2, 0.25) is 0 Å². The van der Waals surface area contributed by atoms with E-state index in [2.05, 4.69) is 0 Å². The van der Waals surface area contributed by atoms with E-state index in [-0.39, 0.29) is 34.1 Å². The van der Waals surface area contributed by atoms with Gasteiger partial charge in [-0.1, -0.05) is 109 Å². The molecule has 0 unspecified atom stereocenters. The lowest BCUT2D eigenvalue weighted by Gasteiger charge is -2.30. The maximum Gasteiger partial charge on any atom is 0.264 e. The van der Waals surface area contributed by atoms with E-state index in [1.807, 2.05) is 0 Å². The summed E-state index contributed by atoms with van der Waals surface area (Å²) in [5.41, 5.74) is -1.49. The van der Waals surface area contributed by atoms with E-state index >= 15 is 28.8 Å². The second-order valence-electron chi connectivity index (χ2n) is 13.6. The Morgan fingerprint density at radius 3 is 0.632 bits per heavy atom. The molecule has 6 aromatic carbocycles. The van der Waals surface area contributed by atoms with Crippen molar-refractivity contribution in [3.8, 4) is 0 Å². The zero-order valence-electron chi connectivity index (χ0n) is 30.1. The third kappa shape index (κ3) is 5.22. The number of nitrogens with zero attached hydrogens (tertiary/aromatic N) is 6. The molecule has 0 saturated carbocycles. The van der Waals surface area contributed by atoms with Crippen molar-refractivity contribution in [2.45, 2.75) is 0 Å². The van der Waals surface area contributed by atoms with Crippen LogP contribution in [0, 0.1) is 17.3 Å². The first-order valence-corrected chi connectivity index (χ1v) is 18.2. The molecule has 0 bridgehead atoms. The van der Waals surface area contributed by atoms with Crippen LogP contribution in [-0.4, -0.2) is 35.4 Å². The molecule has 57 heavy (non-hydrogen) atoms. The minimum atomic E-state index is -2.94. The van der Waals surface area contributed by atoms with Crippen molar-refractivity contribution in [1.82, 2.24) is 0 Å². The largest absolute Gasteiger partial charge is 0.272 e. The van der Waals surface area contributed by atoms with Crippen molar-refractivity contribution in [2.75, 3.05) is 30.1 Å². The van der Waals surface area contributed by atoms with Gasteiger partial charge in [-0.2, -0.15) is 0 Å². The maximum absolute atomic E-state index is 15.9. The summed E-state index contributed by atoms with van der Waals surface area (Å²) in [5, 5.41) is 6.56. The Hall–Kier alpha value is -7.86. The monoisotopic (exact) mass is 752 g/mol. The molecule has 3 fully saturated rings.